The highest BCUT2D eigenvalue weighted by atomic mass is 32.2. The molecule has 2 aliphatic carbocycles. The van der Waals surface area contributed by atoms with Gasteiger partial charge in [0.1, 0.15) is 46.8 Å². The highest BCUT2D eigenvalue weighted by Gasteiger charge is 2.62. The van der Waals surface area contributed by atoms with Crippen molar-refractivity contribution in [3.8, 4) is 0 Å². The third kappa shape index (κ3) is 13.2. The number of allylic oxidation sites excluding steroid dienone is 1. The molecule has 3 heterocycles. The monoisotopic (exact) mass is 944 g/mol. The van der Waals surface area contributed by atoms with E-state index in [2.05, 4.69) is 20.7 Å². The molecule has 1 aromatic carbocycles. The fourth-order valence-electron chi connectivity index (χ4n) is 8.57. The van der Waals surface area contributed by atoms with Gasteiger partial charge in [0.25, 0.3) is 5.91 Å². The van der Waals surface area contributed by atoms with Crippen molar-refractivity contribution in [2.45, 2.75) is 184 Å². The number of sulfonamides is 1. The number of alkyl carbamates (subject to hydrolysis) is 1. The number of ether oxygens (including phenoxy) is 3. The smallest absolute Gasteiger partial charge is 0.410 e. The largest absolute Gasteiger partial charge is 0.460 e. The molecule has 0 bridgehead atoms. The summed E-state index contributed by atoms with van der Waals surface area (Å²) in [7, 11) is -4.00. The van der Waals surface area contributed by atoms with Gasteiger partial charge in [-0.3, -0.25) is 33.6 Å². The second-order valence-electron chi connectivity index (χ2n) is 20.1. The molecule has 18 nitrogen and oxygen atoms in total. The lowest BCUT2D eigenvalue weighted by molar-refractivity contribution is -0.155. The van der Waals surface area contributed by atoms with E-state index in [0.29, 0.717) is 43.2 Å². The zero-order valence-electron chi connectivity index (χ0n) is 38.7. The molecule has 20 heteroatoms. The van der Waals surface area contributed by atoms with E-state index in [1.54, 1.807) is 59.8 Å². The average Bonchev–Trinajstić information content (AvgIpc) is 4.10. The Morgan fingerprint density at radius 1 is 0.939 bits per heavy atom. The maximum atomic E-state index is 14.9. The molecule has 3 fully saturated rings. The number of fused-ring (bicyclic) bond motifs is 3. The van der Waals surface area contributed by atoms with Crippen LogP contribution in [0.25, 0.3) is 0 Å². The van der Waals surface area contributed by atoms with Crippen LogP contribution in [-0.2, 0) is 61.3 Å². The number of carbonyl (C=O) groups is 7. The van der Waals surface area contributed by atoms with E-state index in [1.807, 2.05) is 6.08 Å². The number of amides is 6. The van der Waals surface area contributed by atoms with Gasteiger partial charge in [0.15, 0.2) is 0 Å². The molecule has 0 aromatic heterocycles. The Balaban J connectivity index is 1.28. The van der Waals surface area contributed by atoms with Crippen LogP contribution in [0.15, 0.2) is 30.4 Å². The molecular weight excluding hydrogens is 880 g/mol. The van der Waals surface area contributed by atoms with Crippen LogP contribution in [0.1, 0.15) is 136 Å². The molecule has 1 aromatic rings. The number of hydrogen-bond donors (Lipinski definition) is 4. The first-order valence-electron chi connectivity index (χ1n) is 23.0. The summed E-state index contributed by atoms with van der Waals surface area (Å²) in [5.74, 6) is -4.87. The maximum absolute atomic E-state index is 14.9. The number of halogens is 1. The molecular formula is C46H65FN6O12S. The number of nitrogens with one attached hydrogen (secondary N) is 4. The van der Waals surface area contributed by atoms with Crippen LogP contribution in [0, 0.1) is 11.7 Å². The van der Waals surface area contributed by atoms with E-state index in [1.165, 1.54) is 15.9 Å². The molecule has 1 saturated heterocycles. The number of benzene rings is 1. The molecule has 6 amide bonds. The van der Waals surface area contributed by atoms with Crippen LogP contribution in [0.2, 0.25) is 0 Å². The van der Waals surface area contributed by atoms with Crippen LogP contribution < -0.4 is 20.7 Å². The maximum Gasteiger partial charge on any atom is 0.410 e. The van der Waals surface area contributed by atoms with Gasteiger partial charge in [0, 0.05) is 30.9 Å². The first-order valence-corrected chi connectivity index (χ1v) is 24.6. The van der Waals surface area contributed by atoms with Crippen LogP contribution in [0.5, 0.6) is 0 Å². The van der Waals surface area contributed by atoms with Crippen molar-refractivity contribution >= 4 is 51.8 Å². The molecule has 6 atom stereocenters. The lowest BCUT2D eigenvalue weighted by atomic mass is 10.0. The minimum atomic E-state index is -4.00. The third-order valence-corrected chi connectivity index (χ3v) is 14.0. The summed E-state index contributed by atoms with van der Waals surface area (Å²) in [6.07, 6.45) is 5.49. The van der Waals surface area contributed by atoms with Crippen molar-refractivity contribution in [2.24, 2.45) is 5.92 Å². The highest BCUT2D eigenvalue weighted by molar-refractivity contribution is 7.91. The van der Waals surface area contributed by atoms with Crippen LogP contribution >= 0.6 is 0 Å². The summed E-state index contributed by atoms with van der Waals surface area (Å²) < 4.78 is 59.5. The number of hydrogen-bond acceptors (Lipinski definition) is 12. The molecule has 4 N–H and O–H groups in total. The Bertz CT molecular complexity index is 2190. The standard InChI is InChI=1S/C46H65FN6O12S/c1-44(2,3)64-37(54)22-21-34(49-42(59)65-45(4,5)6)38(55)48-35-18-13-11-9-7-8-10-12-16-29-24-46(29,41(58)51-66(61,62)31-19-20-31)50-39(56)36-23-30(26-53(36)40(35)57)63-43(60)52-25-28-15-14-17-33(47)32(28)27-52/h12,14-17,29-31,34-36H,7-11,13,18-27H2,1-6H3,(H,48,55)(H,49,59)(H,50,56)(H,51,58)/t29-,30-,34+,35+,36+,46-/m1/s1. The van der Waals surface area contributed by atoms with Crippen LogP contribution in [-0.4, -0.2) is 113 Å². The van der Waals surface area contributed by atoms with Gasteiger partial charge in [-0.15, -0.1) is 0 Å². The van der Waals surface area contributed by atoms with Crippen LogP contribution in [0.4, 0.5) is 14.0 Å². The second kappa shape index (κ2) is 20.3. The SMILES string of the molecule is CC(C)(C)OC(=O)CC[C@H](NC(=O)OC(C)(C)C)C(=O)N[C@H]1CCCCCCCC=C[C@@H]2C[C@@]2(C(=O)NS(=O)(=O)C2CC2)NC(=O)[C@@H]2C[C@@H](OC(=O)N3Cc4cccc(F)c4C3)CN2C1=O. The summed E-state index contributed by atoms with van der Waals surface area (Å²) in [6.45, 7) is 9.70. The minimum Gasteiger partial charge on any atom is -0.460 e. The van der Waals surface area contributed by atoms with Crippen molar-refractivity contribution in [1.82, 2.24) is 30.5 Å². The van der Waals surface area contributed by atoms with Crippen molar-refractivity contribution in [3.63, 3.8) is 0 Å². The Labute approximate surface area is 385 Å². The molecule has 3 aliphatic heterocycles. The van der Waals surface area contributed by atoms with Gasteiger partial charge < -0.3 is 35.1 Å². The second-order valence-corrected chi connectivity index (χ2v) is 22.0. The first kappa shape index (κ1) is 50.1. The Kier molecular flexibility index (Phi) is 15.4. The van der Waals surface area contributed by atoms with Gasteiger partial charge in [-0.1, -0.05) is 50.0 Å². The predicted octanol–water partition coefficient (Wildman–Crippen LogP) is 4.53. The zero-order chi connectivity index (χ0) is 48.2. The van der Waals surface area contributed by atoms with Gasteiger partial charge in [-0.2, -0.15) is 0 Å². The summed E-state index contributed by atoms with van der Waals surface area (Å²) in [4.78, 5) is 99.6. The van der Waals surface area contributed by atoms with Gasteiger partial charge in [-0.05, 0) is 98.1 Å². The van der Waals surface area contributed by atoms with E-state index in [-0.39, 0.29) is 51.7 Å². The number of carbonyl (C=O) groups excluding carboxylic acids is 7. The summed E-state index contributed by atoms with van der Waals surface area (Å²) in [5, 5.41) is 7.38. The number of nitrogens with zero attached hydrogens (tertiary/aromatic N) is 2. The number of esters is 1. The van der Waals surface area contributed by atoms with Crippen LogP contribution in [0.3, 0.4) is 0 Å². The lowest BCUT2D eigenvalue weighted by Gasteiger charge is -2.31. The predicted molar refractivity (Wildman–Crippen MR) is 237 cm³/mol. The summed E-state index contributed by atoms with van der Waals surface area (Å²) in [6, 6.07) is 0.525. The van der Waals surface area contributed by atoms with E-state index in [4.69, 9.17) is 14.2 Å². The molecule has 0 radical (unpaired) electrons. The molecule has 364 valence electrons. The summed E-state index contributed by atoms with van der Waals surface area (Å²) >= 11 is 0. The van der Waals surface area contributed by atoms with Crippen molar-refractivity contribution in [3.05, 3.63) is 47.3 Å². The Morgan fingerprint density at radius 2 is 1.64 bits per heavy atom. The van der Waals surface area contributed by atoms with Crippen molar-refractivity contribution < 1.29 is 60.6 Å². The molecule has 5 aliphatic rings. The van der Waals surface area contributed by atoms with Crippen molar-refractivity contribution in [1.29, 1.82) is 0 Å². The number of rotatable bonds is 10. The first-order chi connectivity index (χ1) is 30.9. The molecule has 2 saturated carbocycles. The topological polar surface area (TPSA) is 236 Å². The molecule has 0 spiro atoms. The van der Waals surface area contributed by atoms with Gasteiger partial charge in [0.2, 0.25) is 27.7 Å². The summed E-state index contributed by atoms with van der Waals surface area (Å²) in [5.41, 5.74) is -2.45. The normalized spacial score (nSPS) is 25.5. The van der Waals surface area contributed by atoms with Gasteiger partial charge >= 0.3 is 18.2 Å². The quantitative estimate of drug-likeness (QED) is 0.144. The lowest BCUT2D eigenvalue weighted by Crippen LogP contribution is -2.59. The average molecular weight is 945 g/mol. The Morgan fingerprint density at radius 3 is 2.32 bits per heavy atom. The van der Waals surface area contributed by atoms with Crippen molar-refractivity contribution in [2.75, 3.05) is 6.54 Å². The Hall–Kier alpha value is -5.27. The molecule has 66 heavy (non-hydrogen) atoms. The molecule has 6 rings (SSSR count). The third-order valence-electron chi connectivity index (χ3n) is 12.2. The zero-order valence-corrected chi connectivity index (χ0v) is 39.6. The fourth-order valence-corrected chi connectivity index (χ4v) is 9.94. The van der Waals surface area contributed by atoms with E-state index in [9.17, 15) is 46.4 Å². The fraction of sp³-hybridized carbons (Fsp3) is 0.674. The van der Waals surface area contributed by atoms with E-state index in [0.717, 1.165) is 19.3 Å². The minimum absolute atomic E-state index is 0.0586. The highest BCUT2D eigenvalue weighted by Crippen LogP contribution is 2.46. The van der Waals surface area contributed by atoms with Gasteiger partial charge in [0.05, 0.1) is 18.3 Å². The van der Waals surface area contributed by atoms with E-state index >= 15 is 0 Å². The van der Waals surface area contributed by atoms with Gasteiger partial charge in [-0.25, -0.2) is 22.4 Å². The molecule has 0 unspecified atom stereocenters. The van der Waals surface area contributed by atoms with E-state index < -0.39 is 110 Å².